The topological polar surface area (TPSA) is 113 Å². The van der Waals surface area contributed by atoms with Gasteiger partial charge in [0.1, 0.15) is 5.75 Å². The zero-order valence-electron chi connectivity index (χ0n) is 28.2. The maximum absolute atomic E-state index is 13.5. The van der Waals surface area contributed by atoms with Crippen molar-refractivity contribution in [2.45, 2.75) is 57.4 Å². The number of nitrogens with zero attached hydrogens (tertiary/aromatic N) is 4. The number of hydrogen-bond acceptors (Lipinski definition) is 7. The summed E-state index contributed by atoms with van der Waals surface area (Å²) < 4.78 is 45.3. The van der Waals surface area contributed by atoms with E-state index in [-0.39, 0.29) is 29.2 Å². The fourth-order valence-corrected chi connectivity index (χ4v) is 7.19. The lowest BCUT2D eigenvalue weighted by atomic mass is 10.0. The number of anilines is 1. The Morgan fingerprint density at radius 2 is 1.92 bits per heavy atom. The second-order valence-corrected chi connectivity index (χ2v) is 13.5. The van der Waals surface area contributed by atoms with Crippen LogP contribution >= 0.6 is 23.2 Å². The van der Waals surface area contributed by atoms with Gasteiger partial charge in [0.2, 0.25) is 5.91 Å². The molecule has 2 aromatic heterocycles. The molecule has 1 saturated heterocycles. The molecule has 15 heteroatoms. The molecule has 0 bridgehead atoms. The fraction of sp³-hybridized carbons (Fsp3) is 0.389. The number of alkyl halides is 3. The summed E-state index contributed by atoms with van der Waals surface area (Å²) in [7, 11) is 3.36. The number of aromatic nitrogens is 3. The molecule has 4 heterocycles. The van der Waals surface area contributed by atoms with E-state index in [1.165, 1.54) is 0 Å². The van der Waals surface area contributed by atoms with Gasteiger partial charge in [-0.05, 0) is 37.6 Å². The monoisotopic (exact) mass is 743 g/mol. The van der Waals surface area contributed by atoms with Crippen molar-refractivity contribution in [2.75, 3.05) is 32.1 Å². The van der Waals surface area contributed by atoms with Crippen molar-refractivity contribution in [3.63, 3.8) is 0 Å². The molecule has 0 radical (unpaired) electrons. The van der Waals surface area contributed by atoms with Crippen LogP contribution in [0.2, 0.25) is 10.0 Å². The van der Waals surface area contributed by atoms with Gasteiger partial charge >= 0.3 is 6.18 Å². The zero-order chi connectivity index (χ0) is 36.3. The normalized spacial score (nSPS) is 16.2. The molecule has 2 aliphatic rings. The highest BCUT2D eigenvalue weighted by Gasteiger charge is 2.29. The molecule has 2 aliphatic heterocycles. The van der Waals surface area contributed by atoms with Crippen molar-refractivity contribution in [1.29, 1.82) is 0 Å². The van der Waals surface area contributed by atoms with E-state index in [2.05, 4.69) is 25.9 Å². The van der Waals surface area contributed by atoms with Gasteiger partial charge < -0.3 is 25.3 Å². The number of ether oxygens (including phenoxy) is 1. The van der Waals surface area contributed by atoms with Crippen LogP contribution in [0.3, 0.4) is 0 Å². The molecule has 0 saturated carbocycles. The summed E-state index contributed by atoms with van der Waals surface area (Å²) in [6.45, 7) is 2.48. The molecule has 4 aromatic rings. The van der Waals surface area contributed by atoms with Crippen LogP contribution in [-0.4, -0.2) is 70.2 Å². The standard InChI is InChI=1S/C36H38Cl2F3N7O3/c1-47-28-12-16-48(15-4-13-36(39,40)41)20-27(28)45-34(47)35(50)46-26-6-3-5-24(31(26)37)25-11-14-43-33(32(25)38)21-7-8-22(29(17-21)51-2)18-42-19-23-9-10-30(49)44-23/h3,5-8,11,14,17,23,42H,4,9-10,12-13,15-16,18-20H2,1-2H3,(H,44,49)(H,46,50)/t23-/m1/s1. The second-order valence-electron chi connectivity index (χ2n) is 12.7. The van der Waals surface area contributed by atoms with Gasteiger partial charge in [-0.2, -0.15) is 13.2 Å². The predicted octanol–water partition coefficient (Wildman–Crippen LogP) is 6.79. The molecule has 2 aromatic carbocycles. The van der Waals surface area contributed by atoms with Crippen LogP contribution in [0.15, 0.2) is 48.7 Å². The molecule has 1 fully saturated rings. The molecule has 0 spiro atoms. The van der Waals surface area contributed by atoms with Crippen LogP contribution in [0.5, 0.6) is 5.75 Å². The predicted molar refractivity (Wildman–Crippen MR) is 190 cm³/mol. The number of halogens is 5. The fourth-order valence-electron chi connectivity index (χ4n) is 6.60. The Morgan fingerprint density at radius 3 is 2.67 bits per heavy atom. The first-order valence-corrected chi connectivity index (χ1v) is 17.4. The largest absolute Gasteiger partial charge is 0.496 e. The Morgan fingerprint density at radius 1 is 1.12 bits per heavy atom. The number of hydrogen-bond donors (Lipinski definition) is 3. The number of imidazole rings is 1. The minimum absolute atomic E-state index is 0.0130. The van der Waals surface area contributed by atoms with Crippen LogP contribution in [0.4, 0.5) is 18.9 Å². The molecule has 6 rings (SSSR count). The lowest BCUT2D eigenvalue weighted by molar-refractivity contribution is -0.136. The Balaban J connectivity index is 1.16. The second kappa shape index (κ2) is 15.6. The minimum atomic E-state index is -4.18. The Kier molecular flexibility index (Phi) is 11.2. The van der Waals surface area contributed by atoms with E-state index in [9.17, 15) is 22.8 Å². The van der Waals surface area contributed by atoms with Crippen LogP contribution in [0, 0.1) is 0 Å². The van der Waals surface area contributed by atoms with E-state index in [0.29, 0.717) is 84.5 Å². The lowest BCUT2D eigenvalue weighted by Crippen LogP contribution is -2.35. The number of nitrogens with one attached hydrogen (secondary N) is 3. The molecular formula is C36H38Cl2F3N7O3. The number of pyridine rings is 1. The summed E-state index contributed by atoms with van der Waals surface area (Å²) in [5.74, 6) is 0.452. The van der Waals surface area contributed by atoms with Gasteiger partial charge in [0.05, 0.1) is 34.2 Å². The SMILES string of the molecule is COc1cc(-c2nccc(-c3cccc(NC(=O)c4nc5c(n4C)CCN(CCCC(F)(F)F)C5)c3Cl)c2Cl)ccc1CNC[C@H]1CCC(=O)N1. The number of fused-ring (bicyclic) bond motifs is 1. The van der Waals surface area contributed by atoms with E-state index < -0.39 is 18.5 Å². The van der Waals surface area contributed by atoms with Gasteiger partial charge in [0, 0.05) is 92.7 Å². The van der Waals surface area contributed by atoms with E-state index in [0.717, 1.165) is 23.2 Å². The van der Waals surface area contributed by atoms with Crippen LogP contribution in [0.1, 0.15) is 53.3 Å². The maximum Gasteiger partial charge on any atom is 0.389 e. The summed E-state index contributed by atoms with van der Waals surface area (Å²) >= 11 is 13.9. The average Bonchev–Trinajstić information content (AvgIpc) is 3.67. The highest BCUT2D eigenvalue weighted by atomic mass is 35.5. The number of carbonyl (C=O) groups is 2. The number of methoxy groups -OCH3 is 1. The molecule has 51 heavy (non-hydrogen) atoms. The quantitative estimate of drug-likeness (QED) is 0.147. The van der Waals surface area contributed by atoms with Gasteiger partial charge in [0.15, 0.2) is 5.82 Å². The number of benzene rings is 2. The van der Waals surface area contributed by atoms with E-state index in [1.54, 1.807) is 49.2 Å². The molecular weight excluding hydrogens is 706 g/mol. The van der Waals surface area contributed by atoms with Crippen molar-refractivity contribution < 1.29 is 27.5 Å². The summed E-state index contributed by atoms with van der Waals surface area (Å²) in [5, 5.41) is 9.86. The molecule has 0 unspecified atom stereocenters. The van der Waals surface area contributed by atoms with Crippen LogP contribution in [-0.2, 0) is 31.4 Å². The van der Waals surface area contributed by atoms with Crippen LogP contribution < -0.4 is 20.7 Å². The van der Waals surface area contributed by atoms with Crippen molar-refractivity contribution in [2.24, 2.45) is 7.05 Å². The average molecular weight is 745 g/mol. The first-order valence-electron chi connectivity index (χ1n) is 16.7. The first kappa shape index (κ1) is 36.6. The number of rotatable bonds is 12. The van der Waals surface area contributed by atoms with Gasteiger partial charge in [-0.15, -0.1) is 0 Å². The lowest BCUT2D eigenvalue weighted by Gasteiger charge is -2.26. The summed E-state index contributed by atoms with van der Waals surface area (Å²) in [6, 6.07) is 12.9. The van der Waals surface area contributed by atoms with Gasteiger partial charge in [-0.25, -0.2) is 4.98 Å². The molecule has 10 nitrogen and oxygen atoms in total. The summed E-state index contributed by atoms with van der Waals surface area (Å²) in [6.07, 6.45) is -1.42. The van der Waals surface area contributed by atoms with Gasteiger partial charge in [-0.1, -0.05) is 47.5 Å². The summed E-state index contributed by atoms with van der Waals surface area (Å²) in [4.78, 5) is 36.0. The molecule has 0 aliphatic carbocycles. The molecule has 270 valence electrons. The third-order valence-corrected chi connectivity index (χ3v) is 10.0. The zero-order valence-corrected chi connectivity index (χ0v) is 29.7. The van der Waals surface area contributed by atoms with Gasteiger partial charge in [-0.3, -0.25) is 19.5 Å². The van der Waals surface area contributed by atoms with Crippen molar-refractivity contribution in [3.8, 4) is 28.1 Å². The Labute approximate surface area is 303 Å². The molecule has 1 atom stereocenters. The van der Waals surface area contributed by atoms with E-state index >= 15 is 0 Å². The number of amides is 2. The molecule has 3 N–H and O–H groups in total. The summed E-state index contributed by atoms with van der Waals surface area (Å²) in [5.41, 5.74) is 5.32. The Hall–Kier alpha value is -4.17. The van der Waals surface area contributed by atoms with Crippen molar-refractivity contribution >= 4 is 40.7 Å². The smallest absolute Gasteiger partial charge is 0.389 e. The highest BCUT2D eigenvalue weighted by Crippen LogP contribution is 2.41. The van der Waals surface area contributed by atoms with Crippen molar-refractivity contribution in [1.82, 2.24) is 30.1 Å². The third kappa shape index (κ3) is 8.49. The van der Waals surface area contributed by atoms with Crippen LogP contribution in [0.25, 0.3) is 22.4 Å². The maximum atomic E-state index is 13.5. The highest BCUT2D eigenvalue weighted by molar-refractivity contribution is 6.39. The minimum Gasteiger partial charge on any atom is -0.496 e. The third-order valence-electron chi connectivity index (χ3n) is 9.25. The first-order chi connectivity index (χ1) is 24.4. The van der Waals surface area contributed by atoms with E-state index in [1.807, 2.05) is 23.1 Å². The van der Waals surface area contributed by atoms with Crippen molar-refractivity contribution in [3.05, 3.63) is 81.5 Å². The number of carbonyl (C=O) groups excluding carboxylic acids is 2. The van der Waals surface area contributed by atoms with E-state index in [4.69, 9.17) is 27.9 Å². The molecule has 2 amide bonds. The Bertz CT molecular complexity index is 1930. The van der Waals surface area contributed by atoms with Gasteiger partial charge in [0.25, 0.3) is 5.91 Å².